The normalized spacial score (nSPS) is 12.6. The van der Waals surface area contributed by atoms with Crippen molar-refractivity contribution >= 4 is 5.91 Å². The third-order valence-corrected chi connectivity index (χ3v) is 3.18. The summed E-state index contributed by atoms with van der Waals surface area (Å²) in [4.78, 5) is 12.0. The summed E-state index contributed by atoms with van der Waals surface area (Å²) in [5.41, 5.74) is 0.392. The van der Waals surface area contributed by atoms with Gasteiger partial charge in [-0.25, -0.2) is 4.68 Å². The van der Waals surface area contributed by atoms with Crippen LogP contribution in [0.5, 0.6) is 0 Å². The maximum absolute atomic E-state index is 12.0. The topological polar surface area (TPSA) is 82.5 Å². The number of aryl methyl sites for hydroxylation is 2. The lowest BCUT2D eigenvalue weighted by atomic mass is 9.79. The molecule has 18 heavy (non-hydrogen) atoms. The molecule has 5 heteroatoms. The number of rotatable bonds is 3. The molecule has 0 saturated carbocycles. The van der Waals surface area contributed by atoms with Crippen LogP contribution in [0.3, 0.4) is 0 Å². The van der Waals surface area contributed by atoms with Gasteiger partial charge < -0.3 is 0 Å². The standard InChI is InChI=1S/C13H16N4O/c1-9(13(4,7-14)8-15)5-12(18)17-11(3)6-10(2)16-17/h6,9H,5H2,1-4H3/t9-/m0/s1. The van der Waals surface area contributed by atoms with E-state index >= 15 is 0 Å². The molecule has 1 heterocycles. The zero-order valence-electron chi connectivity index (χ0n) is 11.1. The van der Waals surface area contributed by atoms with E-state index in [1.807, 2.05) is 25.1 Å². The van der Waals surface area contributed by atoms with Crippen LogP contribution in [0.1, 0.15) is 36.5 Å². The first-order valence-corrected chi connectivity index (χ1v) is 5.73. The van der Waals surface area contributed by atoms with E-state index in [2.05, 4.69) is 5.10 Å². The summed E-state index contributed by atoms with van der Waals surface area (Å²) in [5.74, 6) is -0.534. The molecule has 94 valence electrons. The largest absolute Gasteiger partial charge is 0.273 e. The molecule has 0 radical (unpaired) electrons. The molecule has 1 aromatic rings. The van der Waals surface area contributed by atoms with Gasteiger partial charge in [-0.15, -0.1) is 0 Å². The smallest absolute Gasteiger partial charge is 0.247 e. The van der Waals surface area contributed by atoms with Crippen LogP contribution in [0.4, 0.5) is 0 Å². The van der Waals surface area contributed by atoms with Crippen LogP contribution in [-0.4, -0.2) is 15.7 Å². The fourth-order valence-corrected chi connectivity index (χ4v) is 1.68. The predicted molar refractivity (Wildman–Crippen MR) is 65.4 cm³/mol. The third kappa shape index (κ3) is 2.57. The van der Waals surface area contributed by atoms with Gasteiger partial charge in [0.2, 0.25) is 5.91 Å². The lowest BCUT2D eigenvalue weighted by Gasteiger charge is -2.20. The Labute approximate surface area is 107 Å². The summed E-state index contributed by atoms with van der Waals surface area (Å²) >= 11 is 0. The maximum Gasteiger partial charge on any atom is 0.247 e. The quantitative estimate of drug-likeness (QED) is 0.816. The van der Waals surface area contributed by atoms with Gasteiger partial charge in [-0.2, -0.15) is 15.6 Å². The summed E-state index contributed by atoms with van der Waals surface area (Å²) in [6.45, 7) is 6.90. The number of aromatic nitrogens is 2. The molecule has 1 aromatic heterocycles. The minimum Gasteiger partial charge on any atom is -0.273 e. The van der Waals surface area contributed by atoms with Crippen LogP contribution in [0.2, 0.25) is 0 Å². The van der Waals surface area contributed by atoms with Crippen molar-refractivity contribution in [2.24, 2.45) is 11.3 Å². The third-order valence-electron chi connectivity index (χ3n) is 3.18. The van der Waals surface area contributed by atoms with Gasteiger partial charge in [-0.1, -0.05) is 6.92 Å². The van der Waals surface area contributed by atoms with Gasteiger partial charge in [0.05, 0.1) is 17.8 Å². The molecule has 0 aromatic carbocycles. The molecule has 5 nitrogen and oxygen atoms in total. The van der Waals surface area contributed by atoms with E-state index in [4.69, 9.17) is 10.5 Å². The highest BCUT2D eigenvalue weighted by atomic mass is 16.2. The summed E-state index contributed by atoms with van der Waals surface area (Å²) in [6.07, 6.45) is 0.125. The minimum atomic E-state index is -1.15. The first-order chi connectivity index (χ1) is 8.34. The number of hydrogen-bond donors (Lipinski definition) is 0. The average Bonchev–Trinajstić information content (AvgIpc) is 2.67. The van der Waals surface area contributed by atoms with Crippen molar-refractivity contribution in [1.82, 2.24) is 9.78 Å². The van der Waals surface area contributed by atoms with Crippen molar-refractivity contribution in [3.05, 3.63) is 17.5 Å². The summed E-state index contributed by atoms with van der Waals surface area (Å²) in [6, 6.07) is 5.74. The van der Waals surface area contributed by atoms with Gasteiger partial charge in [-0.05, 0) is 32.8 Å². The molecule has 0 unspecified atom stereocenters. The van der Waals surface area contributed by atoms with E-state index in [1.54, 1.807) is 20.8 Å². The Hall–Kier alpha value is -2.14. The molecule has 0 N–H and O–H groups in total. The van der Waals surface area contributed by atoms with Gasteiger partial charge in [0.1, 0.15) is 5.41 Å². The second-order valence-electron chi connectivity index (χ2n) is 4.76. The molecule has 0 saturated heterocycles. The van der Waals surface area contributed by atoms with Gasteiger partial charge in [0, 0.05) is 12.1 Å². The fraction of sp³-hybridized carbons (Fsp3) is 0.538. The lowest BCUT2D eigenvalue weighted by molar-refractivity contribution is 0.0847. The molecule has 1 rings (SSSR count). The molecule has 0 fully saturated rings. The Kier molecular flexibility index (Phi) is 3.88. The molecular weight excluding hydrogens is 228 g/mol. The van der Waals surface area contributed by atoms with Crippen LogP contribution in [0.15, 0.2) is 6.07 Å². The zero-order valence-corrected chi connectivity index (χ0v) is 11.1. The van der Waals surface area contributed by atoms with E-state index in [0.717, 1.165) is 11.4 Å². The van der Waals surface area contributed by atoms with Gasteiger partial charge in [-0.3, -0.25) is 4.79 Å². The Bertz CT molecular complexity index is 530. The zero-order chi connectivity index (χ0) is 13.9. The molecule has 0 bridgehead atoms. The molecule has 0 aliphatic heterocycles. The second kappa shape index (κ2) is 5.01. The van der Waals surface area contributed by atoms with E-state index in [0.29, 0.717) is 0 Å². The minimum absolute atomic E-state index is 0.125. The lowest BCUT2D eigenvalue weighted by Crippen LogP contribution is -2.27. The molecular formula is C13H16N4O. The monoisotopic (exact) mass is 244 g/mol. The van der Waals surface area contributed by atoms with Crippen molar-refractivity contribution in [1.29, 1.82) is 10.5 Å². The summed E-state index contributed by atoms with van der Waals surface area (Å²) < 4.78 is 1.33. The molecule has 0 aliphatic carbocycles. The van der Waals surface area contributed by atoms with Crippen LogP contribution in [-0.2, 0) is 0 Å². The molecule has 1 atom stereocenters. The van der Waals surface area contributed by atoms with Crippen molar-refractivity contribution in [2.75, 3.05) is 0 Å². The highest BCUT2D eigenvalue weighted by molar-refractivity contribution is 5.79. The summed E-state index contributed by atoms with van der Waals surface area (Å²) in [5, 5.41) is 22.1. The predicted octanol–water partition coefficient (Wildman–Crippen LogP) is 2.22. The molecule has 0 aliphatic rings. The Balaban J connectivity index is 2.88. The highest BCUT2D eigenvalue weighted by Gasteiger charge is 2.33. The molecule has 0 amide bonds. The number of hydrogen-bond acceptors (Lipinski definition) is 4. The van der Waals surface area contributed by atoms with E-state index in [-0.39, 0.29) is 18.2 Å². The van der Waals surface area contributed by atoms with Crippen molar-refractivity contribution < 1.29 is 4.79 Å². The van der Waals surface area contributed by atoms with Gasteiger partial charge in [0.15, 0.2) is 0 Å². The highest BCUT2D eigenvalue weighted by Crippen LogP contribution is 2.28. The summed E-state index contributed by atoms with van der Waals surface area (Å²) in [7, 11) is 0. The first-order valence-electron chi connectivity index (χ1n) is 5.73. The number of nitrogens with zero attached hydrogens (tertiary/aromatic N) is 4. The van der Waals surface area contributed by atoms with E-state index in [1.165, 1.54) is 4.68 Å². The van der Waals surface area contributed by atoms with Crippen LogP contribution in [0, 0.1) is 47.8 Å². The first kappa shape index (κ1) is 13.9. The van der Waals surface area contributed by atoms with E-state index in [9.17, 15) is 4.79 Å². The van der Waals surface area contributed by atoms with Crippen LogP contribution < -0.4 is 0 Å². The Morgan fingerprint density at radius 1 is 1.50 bits per heavy atom. The SMILES string of the molecule is Cc1cc(C)n(C(=O)C[C@H](C)C(C)(C#N)C#N)n1. The average molecular weight is 244 g/mol. The maximum atomic E-state index is 12.0. The number of nitriles is 2. The second-order valence-corrected chi connectivity index (χ2v) is 4.76. The van der Waals surface area contributed by atoms with Crippen molar-refractivity contribution in [3.63, 3.8) is 0 Å². The molecule has 0 spiro atoms. The number of carbonyl (C=O) groups is 1. The van der Waals surface area contributed by atoms with Gasteiger partial charge in [0.25, 0.3) is 0 Å². The number of carbonyl (C=O) groups excluding carboxylic acids is 1. The van der Waals surface area contributed by atoms with Gasteiger partial charge >= 0.3 is 0 Å². The van der Waals surface area contributed by atoms with Crippen molar-refractivity contribution in [2.45, 2.75) is 34.1 Å². The fourth-order valence-electron chi connectivity index (χ4n) is 1.68. The van der Waals surface area contributed by atoms with E-state index < -0.39 is 5.41 Å². The Morgan fingerprint density at radius 2 is 2.06 bits per heavy atom. The van der Waals surface area contributed by atoms with Crippen molar-refractivity contribution in [3.8, 4) is 12.1 Å². The van der Waals surface area contributed by atoms with Crippen LogP contribution >= 0.6 is 0 Å². The Morgan fingerprint density at radius 3 is 2.44 bits per heavy atom. The van der Waals surface area contributed by atoms with Crippen LogP contribution in [0.25, 0.3) is 0 Å².